The Morgan fingerprint density at radius 1 is 1.32 bits per heavy atom. The minimum atomic E-state index is -4.80. The molecule has 0 saturated carbocycles. The second-order valence-corrected chi connectivity index (χ2v) is 5.56. The molecule has 25 heavy (non-hydrogen) atoms. The Morgan fingerprint density at radius 3 is 2.76 bits per heavy atom. The van der Waals surface area contributed by atoms with Gasteiger partial charge in [-0.25, -0.2) is 0 Å². The normalized spacial score (nSPS) is 16.9. The van der Waals surface area contributed by atoms with E-state index in [4.69, 9.17) is 5.11 Å². The first kappa shape index (κ1) is 16.9. The molecule has 2 heterocycles. The summed E-state index contributed by atoms with van der Waals surface area (Å²) in [5, 5.41) is 11.6. The molecule has 1 amide bonds. The van der Waals surface area contributed by atoms with Crippen molar-refractivity contribution < 1.29 is 32.6 Å². The molecule has 0 fully saturated rings. The quantitative estimate of drug-likeness (QED) is 0.885. The van der Waals surface area contributed by atoms with Gasteiger partial charge in [-0.05, 0) is 23.8 Å². The predicted molar refractivity (Wildman–Crippen MR) is 80.2 cm³/mol. The Kier molecular flexibility index (Phi) is 4.15. The standard InChI is InChI=1S/C16H13F3N2O4/c17-16(18,19)25-12-3-1-2-9(4-12)10-5-13-15(24)20-7-11(6-14(22)23)21(13)8-10/h1-5,8,11H,6-7H2,(H,20,24)(H,22,23). The van der Waals surface area contributed by atoms with Crippen LogP contribution in [0.5, 0.6) is 5.75 Å². The third-order valence-electron chi connectivity index (χ3n) is 3.78. The van der Waals surface area contributed by atoms with Gasteiger partial charge in [0.15, 0.2) is 0 Å². The number of amides is 1. The number of carbonyl (C=O) groups is 2. The van der Waals surface area contributed by atoms with E-state index < -0.39 is 18.4 Å². The number of nitrogens with one attached hydrogen (secondary N) is 1. The van der Waals surface area contributed by atoms with Crippen LogP contribution in [0.3, 0.4) is 0 Å². The molecule has 1 atom stereocenters. The highest BCUT2D eigenvalue weighted by Gasteiger charge is 2.31. The molecule has 0 aliphatic carbocycles. The van der Waals surface area contributed by atoms with Crippen LogP contribution >= 0.6 is 0 Å². The Bertz CT molecular complexity index is 829. The number of rotatable bonds is 4. The van der Waals surface area contributed by atoms with E-state index in [0.717, 1.165) is 0 Å². The van der Waals surface area contributed by atoms with Gasteiger partial charge in [-0.1, -0.05) is 12.1 Å². The minimum absolute atomic E-state index is 0.170. The first-order valence-corrected chi connectivity index (χ1v) is 7.31. The van der Waals surface area contributed by atoms with Gasteiger partial charge in [0, 0.05) is 18.3 Å². The molecule has 0 saturated heterocycles. The van der Waals surface area contributed by atoms with Crippen LogP contribution in [-0.2, 0) is 4.79 Å². The number of hydrogen-bond donors (Lipinski definition) is 2. The van der Waals surface area contributed by atoms with Crippen molar-refractivity contribution in [3.63, 3.8) is 0 Å². The second kappa shape index (κ2) is 6.15. The van der Waals surface area contributed by atoms with E-state index >= 15 is 0 Å². The number of alkyl halides is 3. The zero-order chi connectivity index (χ0) is 18.2. The zero-order valence-corrected chi connectivity index (χ0v) is 12.7. The maximum absolute atomic E-state index is 12.4. The summed E-state index contributed by atoms with van der Waals surface area (Å²) < 4.78 is 42.5. The summed E-state index contributed by atoms with van der Waals surface area (Å²) in [6.07, 6.45) is -3.42. The lowest BCUT2D eigenvalue weighted by Crippen LogP contribution is -2.39. The summed E-state index contributed by atoms with van der Waals surface area (Å²) in [7, 11) is 0. The minimum Gasteiger partial charge on any atom is -0.481 e. The molecule has 1 unspecified atom stereocenters. The van der Waals surface area contributed by atoms with Crippen LogP contribution < -0.4 is 10.1 Å². The van der Waals surface area contributed by atoms with Crippen molar-refractivity contribution in [1.82, 2.24) is 9.88 Å². The smallest absolute Gasteiger partial charge is 0.481 e. The van der Waals surface area contributed by atoms with Crippen LogP contribution in [-0.4, -0.2) is 34.5 Å². The molecule has 9 heteroatoms. The van der Waals surface area contributed by atoms with E-state index in [1.54, 1.807) is 16.8 Å². The molecule has 2 N–H and O–H groups in total. The number of fused-ring (bicyclic) bond motifs is 1. The number of aliphatic carboxylic acids is 1. The SMILES string of the molecule is O=C(O)CC1CNC(=O)c2cc(-c3cccc(OC(F)(F)F)c3)cn21. The summed E-state index contributed by atoms with van der Waals surface area (Å²) in [5.41, 5.74) is 1.18. The monoisotopic (exact) mass is 354 g/mol. The Labute approximate surface area is 139 Å². The van der Waals surface area contributed by atoms with E-state index in [0.29, 0.717) is 11.1 Å². The lowest BCUT2D eigenvalue weighted by molar-refractivity contribution is -0.274. The summed E-state index contributed by atoms with van der Waals surface area (Å²) >= 11 is 0. The maximum atomic E-state index is 12.4. The van der Waals surface area contributed by atoms with Crippen molar-refractivity contribution in [3.05, 3.63) is 42.2 Å². The highest BCUT2D eigenvalue weighted by atomic mass is 19.4. The maximum Gasteiger partial charge on any atom is 0.573 e. The average Bonchev–Trinajstić information content (AvgIpc) is 2.95. The van der Waals surface area contributed by atoms with E-state index in [2.05, 4.69) is 10.1 Å². The molecule has 0 spiro atoms. The topological polar surface area (TPSA) is 80.6 Å². The van der Waals surface area contributed by atoms with Crippen LogP contribution in [0.4, 0.5) is 13.2 Å². The van der Waals surface area contributed by atoms with Gasteiger partial charge in [0.1, 0.15) is 11.4 Å². The Morgan fingerprint density at radius 2 is 2.08 bits per heavy atom. The summed E-state index contributed by atoms with van der Waals surface area (Å²) in [6, 6.07) is 6.41. The van der Waals surface area contributed by atoms with E-state index in [1.165, 1.54) is 24.3 Å². The van der Waals surface area contributed by atoms with E-state index in [-0.39, 0.29) is 30.3 Å². The molecular weight excluding hydrogens is 341 g/mol. The van der Waals surface area contributed by atoms with Crippen molar-refractivity contribution >= 4 is 11.9 Å². The number of aromatic nitrogens is 1. The number of benzene rings is 1. The molecule has 2 aromatic rings. The van der Waals surface area contributed by atoms with Gasteiger partial charge in [-0.2, -0.15) is 0 Å². The molecule has 132 valence electrons. The fraction of sp³-hybridized carbons (Fsp3) is 0.250. The molecule has 0 bridgehead atoms. The fourth-order valence-corrected chi connectivity index (χ4v) is 2.77. The lowest BCUT2D eigenvalue weighted by atomic mass is 10.1. The van der Waals surface area contributed by atoms with Gasteiger partial charge < -0.3 is 19.7 Å². The van der Waals surface area contributed by atoms with Gasteiger partial charge in [0.2, 0.25) is 0 Å². The summed E-state index contributed by atoms with van der Waals surface area (Å²) in [4.78, 5) is 22.9. The van der Waals surface area contributed by atoms with Crippen molar-refractivity contribution in [2.24, 2.45) is 0 Å². The summed E-state index contributed by atoms with van der Waals surface area (Å²) in [6.45, 7) is 0.170. The number of nitrogens with zero attached hydrogens (tertiary/aromatic N) is 1. The van der Waals surface area contributed by atoms with Crippen molar-refractivity contribution in [2.75, 3.05) is 6.54 Å². The van der Waals surface area contributed by atoms with Crippen molar-refractivity contribution in [3.8, 4) is 16.9 Å². The number of ether oxygens (including phenoxy) is 1. The average molecular weight is 354 g/mol. The van der Waals surface area contributed by atoms with Crippen molar-refractivity contribution in [1.29, 1.82) is 0 Å². The molecule has 6 nitrogen and oxygen atoms in total. The van der Waals surface area contributed by atoms with Crippen LogP contribution in [0, 0.1) is 0 Å². The molecule has 1 aromatic carbocycles. The zero-order valence-electron chi connectivity index (χ0n) is 12.7. The predicted octanol–water partition coefficient (Wildman–Crippen LogP) is 2.81. The van der Waals surface area contributed by atoms with Crippen LogP contribution in [0.2, 0.25) is 0 Å². The molecular formula is C16H13F3N2O4. The second-order valence-electron chi connectivity index (χ2n) is 5.56. The number of carboxylic acid groups (broad SMARTS) is 1. The van der Waals surface area contributed by atoms with Gasteiger partial charge in [-0.15, -0.1) is 13.2 Å². The number of hydrogen-bond acceptors (Lipinski definition) is 3. The number of carboxylic acids is 1. The van der Waals surface area contributed by atoms with Crippen LogP contribution in [0.25, 0.3) is 11.1 Å². The van der Waals surface area contributed by atoms with E-state index in [9.17, 15) is 22.8 Å². The molecule has 1 aromatic heterocycles. The molecule has 0 radical (unpaired) electrons. The van der Waals surface area contributed by atoms with Gasteiger partial charge in [-0.3, -0.25) is 9.59 Å². The molecule has 3 rings (SSSR count). The highest BCUT2D eigenvalue weighted by Crippen LogP contribution is 2.31. The number of carbonyl (C=O) groups excluding carboxylic acids is 1. The van der Waals surface area contributed by atoms with Gasteiger partial charge in [0.25, 0.3) is 5.91 Å². The number of halogens is 3. The molecule has 1 aliphatic heterocycles. The van der Waals surface area contributed by atoms with E-state index in [1.807, 2.05) is 0 Å². The third-order valence-corrected chi connectivity index (χ3v) is 3.78. The van der Waals surface area contributed by atoms with Crippen LogP contribution in [0.1, 0.15) is 23.0 Å². The Hall–Kier alpha value is -2.97. The van der Waals surface area contributed by atoms with Crippen LogP contribution in [0.15, 0.2) is 36.5 Å². The first-order valence-electron chi connectivity index (χ1n) is 7.31. The highest BCUT2D eigenvalue weighted by molar-refractivity contribution is 5.95. The van der Waals surface area contributed by atoms with Gasteiger partial charge >= 0.3 is 12.3 Å². The van der Waals surface area contributed by atoms with Crippen molar-refractivity contribution in [2.45, 2.75) is 18.8 Å². The Balaban J connectivity index is 1.96. The first-order chi connectivity index (χ1) is 11.7. The largest absolute Gasteiger partial charge is 0.573 e. The lowest BCUT2D eigenvalue weighted by Gasteiger charge is -2.25. The third kappa shape index (κ3) is 3.76. The molecule has 1 aliphatic rings. The fourth-order valence-electron chi connectivity index (χ4n) is 2.77. The van der Waals surface area contributed by atoms with Gasteiger partial charge in [0.05, 0.1) is 12.5 Å². The summed E-state index contributed by atoms with van der Waals surface area (Å²) in [5.74, 6) is -1.75.